The molecule has 0 aromatic heterocycles. The minimum absolute atomic E-state index is 0.361. The number of para-hydroxylation sites is 1. The molecular weight excluding hydrogens is 358 g/mol. The van der Waals surface area contributed by atoms with Gasteiger partial charge < -0.3 is 14.8 Å². The summed E-state index contributed by atoms with van der Waals surface area (Å²) in [7, 11) is 0. The summed E-state index contributed by atoms with van der Waals surface area (Å²) in [5.74, 6) is 2.53. The van der Waals surface area contributed by atoms with E-state index in [1.54, 1.807) is 0 Å². The maximum atomic E-state index is 5.87. The van der Waals surface area contributed by atoms with Gasteiger partial charge in [0, 0.05) is 16.8 Å². The molecule has 1 unspecified atom stereocenters. The van der Waals surface area contributed by atoms with Gasteiger partial charge in [0.1, 0.15) is 17.2 Å². The van der Waals surface area contributed by atoms with Crippen LogP contribution in [-0.2, 0) is 0 Å². The molecule has 0 bridgehead atoms. The van der Waals surface area contributed by atoms with Crippen LogP contribution in [0.5, 0.6) is 17.2 Å². The zero-order valence-corrected chi connectivity index (χ0v) is 16.2. The van der Waals surface area contributed by atoms with E-state index in [2.05, 4.69) is 12.2 Å². The van der Waals surface area contributed by atoms with Crippen molar-refractivity contribution in [3.8, 4) is 17.2 Å². The first kappa shape index (κ1) is 19.1. The molecule has 0 aliphatic rings. The second-order valence-corrected chi connectivity index (χ2v) is 6.87. The average Bonchev–Trinajstić information content (AvgIpc) is 2.69. The zero-order valence-electron chi connectivity index (χ0n) is 15.4. The van der Waals surface area contributed by atoms with E-state index in [4.69, 9.17) is 21.1 Å². The molecule has 0 fully saturated rings. The molecule has 0 saturated carbocycles. The third-order valence-electron chi connectivity index (χ3n) is 4.11. The fourth-order valence-electron chi connectivity index (χ4n) is 2.71. The van der Waals surface area contributed by atoms with Crippen molar-refractivity contribution in [2.45, 2.75) is 25.8 Å². The molecule has 3 aromatic carbocycles. The molecule has 0 aliphatic carbocycles. The van der Waals surface area contributed by atoms with Crippen LogP contribution in [0.15, 0.2) is 78.9 Å². The quantitative estimate of drug-likeness (QED) is 0.414. The number of rotatable bonds is 9. The lowest BCUT2D eigenvalue weighted by atomic mass is 10.1. The molecule has 3 rings (SSSR count). The summed E-state index contributed by atoms with van der Waals surface area (Å²) in [6.45, 7) is 2.87. The second kappa shape index (κ2) is 9.89. The topological polar surface area (TPSA) is 30.5 Å². The first-order valence-electron chi connectivity index (χ1n) is 9.17. The van der Waals surface area contributed by atoms with Crippen LogP contribution in [0, 0.1) is 0 Å². The molecule has 3 nitrogen and oxygen atoms in total. The van der Waals surface area contributed by atoms with Crippen molar-refractivity contribution >= 4 is 17.3 Å². The lowest BCUT2D eigenvalue weighted by Crippen LogP contribution is -2.16. The third kappa shape index (κ3) is 6.54. The molecule has 1 atom stereocenters. The van der Waals surface area contributed by atoms with Crippen LogP contribution in [-0.4, -0.2) is 12.6 Å². The van der Waals surface area contributed by atoms with Gasteiger partial charge in [-0.1, -0.05) is 29.8 Å². The number of benzene rings is 3. The summed E-state index contributed by atoms with van der Waals surface area (Å²) >= 11 is 5.87. The fraction of sp³-hybridized carbons (Fsp3) is 0.217. The number of hydrogen-bond acceptors (Lipinski definition) is 3. The highest BCUT2D eigenvalue weighted by Crippen LogP contribution is 2.23. The van der Waals surface area contributed by atoms with E-state index in [1.165, 1.54) is 0 Å². The van der Waals surface area contributed by atoms with E-state index in [1.807, 2.05) is 78.9 Å². The molecular formula is C23H24ClNO2. The van der Waals surface area contributed by atoms with Crippen molar-refractivity contribution in [2.24, 2.45) is 0 Å². The SMILES string of the molecule is CC(CCCOc1ccc(Cl)cc1)Nc1ccc(Oc2ccccc2)cc1. The van der Waals surface area contributed by atoms with Crippen LogP contribution < -0.4 is 14.8 Å². The summed E-state index contributed by atoms with van der Waals surface area (Å²) in [5, 5.41) is 4.23. The Morgan fingerprint density at radius 1 is 0.815 bits per heavy atom. The first-order chi connectivity index (χ1) is 13.2. The molecule has 0 heterocycles. The van der Waals surface area contributed by atoms with Crippen LogP contribution in [0.2, 0.25) is 5.02 Å². The van der Waals surface area contributed by atoms with Crippen molar-refractivity contribution in [1.29, 1.82) is 0 Å². The molecule has 27 heavy (non-hydrogen) atoms. The molecule has 0 amide bonds. The number of halogens is 1. The summed E-state index contributed by atoms with van der Waals surface area (Å²) in [6, 6.07) is 25.6. The highest BCUT2D eigenvalue weighted by molar-refractivity contribution is 6.30. The Labute approximate surface area is 165 Å². The number of nitrogens with one attached hydrogen (secondary N) is 1. The van der Waals surface area contributed by atoms with Gasteiger partial charge in [-0.2, -0.15) is 0 Å². The van der Waals surface area contributed by atoms with Gasteiger partial charge in [0.05, 0.1) is 6.61 Å². The van der Waals surface area contributed by atoms with Crippen molar-refractivity contribution in [2.75, 3.05) is 11.9 Å². The van der Waals surface area contributed by atoms with Gasteiger partial charge in [-0.05, 0) is 80.4 Å². The lowest BCUT2D eigenvalue weighted by Gasteiger charge is -2.16. The standard InChI is InChI=1S/C23H24ClNO2/c1-18(6-5-17-26-21-13-9-19(24)10-14-21)25-20-11-15-23(16-12-20)27-22-7-3-2-4-8-22/h2-4,7-16,18,25H,5-6,17H2,1H3. The summed E-state index contributed by atoms with van der Waals surface area (Å²) in [4.78, 5) is 0. The molecule has 140 valence electrons. The summed E-state index contributed by atoms with van der Waals surface area (Å²) in [6.07, 6.45) is 2.00. The maximum absolute atomic E-state index is 5.87. The van der Waals surface area contributed by atoms with Crippen molar-refractivity contribution in [3.63, 3.8) is 0 Å². The Kier molecular flexibility index (Phi) is 7.00. The van der Waals surface area contributed by atoms with Crippen LogP contribution in [0.1, 0.15) is 19.8 Å². The van der Waals surface area contributed by atoms with Crippen LogP contribution in [0.4, 0.5) is 5.69 Å². The fourth-order valence-corrected chi connectivity index (χ4v) is 2.84. The monoisotopic (exact) mass is 381 g/mol. The Morgan fingerprint density at radius 3 is 2.15 bits per heavy atom. The van der Waals surface area contributed by atoms with Gasteiger partial charge in [0.2, 0.25) is 0 Å². The lowest BCUT2D eigenvalue weighted by molar-refractivity contribution is 0.304. The highest BCUT2D eigenvalue weighted by Gasteiger charge is 2.04. The highest BCUT2D eigenvalue weighted by atomic mass is 35.5. The molecule has 0 spiro atoms. The van der Waals surface area contributed by atoms with E-state index in [0.717, 1.165) is 40.8 Å². The smallest absolute Gasteiger partial charge is 0.127 e. The van der Waals surface area contributed by atoms with Crippen LogP contribution >= 0.6 is 11.6 Å². The Balaban J connectivity index is 1.38. The maximum Gasteiger partial charge on any atom is 0.127 e. The zero-order chi connectivity index (χ0) is 18.9. The molecule has 1 N–H and O–H groups in total. The summed E-state index contributed by atoms with van der Waals surface area (Å²) < 4.78 is 11.5. The van der Waals surface area contributed by atoms with Gasteiger partial charge >= 0.3 is 0 Å². The summed E-state index contributed by atoms with van der Waals surface area (Å²) in [5.41, 5.74) is 1.08. The predicted octanol–water partition coefficient (Wildman–Crippen LogP) is 6.79. The van der Waals surface area contributed by atoms with Gasteiger partial charge in [0.15, 0.2) is 0 Å². The second-order valence-electron chi connectivity index (χ2n) is 6.43. The molecule has 0 aliphatic heterocycles. The predicted molar refractivity (Wildman–Crippen MR) is 112 cm³/mol. The van der Waals surface area contributed by atoms with E-state index in [-0.39, 0.29) is 0 Å². The normalized spacial score (nSPS) is 11.6. The van der Waals surface area contributed by atoms with E-state index in [9.17, 15) is 0 Å². The minimum Gasteiger partial charge on any atom is -0.494 e. The van der Waals surface area contributed by atoms with Crippen LogP contribution in [0.3, 0.4) is 0 Å². The van der Waals surface area contributed by atoms with E-state index in [0.29, 0.717) is 12.6 Å². The molecule has 0 radical (unpaired) electrons. The van der Waals surface area contributed by atoms with Gasteiger partial charge in [-0.15, -0.1) is 0 Å². The van der Waals surface area contributed by atoms with Crippen molar-refractivity contribution < 1.29 is 9.47 Å². The van der Waals surface area contributed by atoms with Crippen LogP contribution in [0.25, 0.3) is 0 Å². The molecule has 3 aromatic rings. The molecule has 4 heteroatoms. The van der Waals surface area contributed by atoms with E-state index >= 15 is 0 Å². The van der Waals surface area contributed by atoms with Crippen molar-refractivity contribution in [1.82, 2.24) is 0 Å². The van der Waals surface area contributed by atoms with Gasteiger partial charge in [-0.3, -0.25) is 0 Å². The average molecular weight is 382 g/mol. The number of anilines is 1. The number of ether oxygens (including phenoxy) is 2. The first-order valence-corrected chi connectivity index (χ1v) is 9.55. The van der Waals surface area contributed by atoms with Crippen molar-refractivity contribution in [3.05, 3.63) is 83.9 Å². The van der Waals surface area contributed by atoms with Gasteiger partial charge in [0.25, 0.3) is 0 Å². The molecule has 0 saturated heterocycles. The van der Waals surface area contributed by atoms with Gasteiger partial charge in [-0.25, -0.2) is 0 Å². The number of hydrogen-bond donors (Lipinski definition) is 1. The Morgan fingerprint density at radius 2 is 1.44 bits per heavy atom. The Bertz CT molecular complexity index is 804. The third-order valence-corrected chi connectivity index (χ3v) is 4.36. The minimum atomic E-state index is 0.361. The largest absolute Gasteiger partial charge is 0.494 e. The van der Waals surface area contributed by atoms with E-state index < -0.39 is 0 Å². The Hall–Kier alpha value is -2.65.